The first-order chi connectivity index (χ1) is 6.52. The average molecular weight is 214 g/mol. The van der Waals surface area contributed by atoms with Crippen molar-refractivity contribution in [1.29, 1.82) is 0 Å². The van der Waals surface area contributed by atoms with Gasteiger partial charge in [0.1, 0.15) is 0 Å². The van der Waals surface area contributed by atoms with Crippen LogP contribution in [-0.2, 0) is 4.79 Å². The van der Waals surface area contributed by atoms with Gasteiger partial charge in [0, 0.05) is 18.7 Å². The van der Waals surface area contributed by atoms with E-state index in [1.54, 1.807) is 0 Å². The number of hydrogen-bond donors (Lipinski definition) is 1. The molecule has 0 heterocycles. The second kappa shape index (κ2) is 4.11. The number of aromatic carboxylic acids is 1. The summed E-state index contributed by atoms with van der Waals surface area (Å²) in [6, 6.07) is 5.71. The van der Waals surface area contributed by atoms with Crippen LogP contribution in [0.2, 0.25) is 0 Å². The fraction of sp³-hybridized carbons (Fsp3) is 0.111. The van der Waals surface area contributed by atoms with Gasteiger partial charge in [0.2, 0.25) is 5.91 Å². The Hall–Kier alpha value is -1.55. The van der Waals surface area contributed by atoms with Crippen molar-refractivity contribution in [2.45, 2.75) is 6.92 Å². The number of halogens is 1. The summed E-state index contributed by atoms with van der Waals surface area (Å²) in [6.45, 7) is 1.32. The second-order valence-corrected chi connectivity index (χ2v) is 2.99. The maximum Gasteiger partial charge on any atom is 0.335 e. The van der Waals surface area contributed by atoms with Crippen molar-refractivity contribution in [2.24, 2.45) is 0 Å². The topological polar surface area (TPSA) is 57.6 Å². The summed E-state index contributed by atoms with van der Waals surface area (Å²) in [7, 11) is 0. The minimum atomic E-state index is -1.01. The van der Waals surface area contributed by atoms with Gasteiger partial charge in [-0.15, -0.1) is 0 Å². The van der Waals surface area contributed by atoms with E-state index in [1.165, 1.54) is 31.2 Å². The summed E-state index contributed by atoms with van der Waals surface area (Å²) in [5.74, 6) is -1.34. The van der Waals surface area contributed by atoms with Crippen LogP contribution in [0.15, 0.2) is 24.3 Å². The van der Waals surface area contributed by atoms with E-state index in [0.717, 1.165) is 4.42 Å². The average Bonchev–Trinajstić information content (AvgIpc) is 2.16. The summed E-state index contributed by atoms with van der Waals surface area (Å²) in [5.41, 5.74) is 0.603. The van der Waals surface area contributed by atoms with E-state index in [0.29, 0.717) is 5.69 Å². The zero-order chi connectivity index (χ0) is 10.7. The van der Waals surface area contributed by atoms with E-state index < -0.39 is 5.97 Å². The lowest BCUT2D eigenvalue weighted by Crippen LogP contribution is -2.16. The fourth-order valence-electron chi connectivity index (χ4n) is 0.917. The molecule has 0 aliphatic heterocycles. The number of carboxylic acids is 1. The van der Waals surface area contributed by atoms with Crippen LogP contribution in [0.5, 0.6) is 0 Å². The molecule has 1 N–H and O–H groups in total. The molecule has 5 heteroatoms. The van der Waals surface area contributed by atoms with E-state index in [-0.39, 0.29) is 11.5 Å². The zero-order valence-corrected chi connectivity index (χ0v) is 8.15. The first-order valence-electron chi connectivity index (χ1n) is 3.82. The van der Waals surface area contributed by atoms with Crippen LogP contribution >= 0.6 is 11.8 Å². The second-order valence-electron chi connectivity index (χ2n) is 2.65. The van der Waals surface area contributed by atoms with Crippen molar-refractivity contribution in [1.82, 2.24) is 0 Å². The lowest BCUT2D eigenvalue weighted by atomic mass is 10.2. The molecule has 0 aromatic heterocycles. The third-order valence-corrected chi connectivity index (χ3v) is 2.05. The Bertz CT molecular complexity index is 361. The van der Waals surface area contributed by atoms with Gasteiger partial charge in [-0.1, -0.05) is 0 Å². The van der Waals surface area contributed by atoms with Crippen molar-refractivity contribution in [3.05, 3.63) is 29.8 Å². The number of benzene rings is 1. The fourth-order valence-corrected chi connectivity index (χ4v) is 1.03. The zero-order valence-electron chi connectivity index (χ0n) is 7.40. The Balaban J connectivity index is 2.94. The Kier molecular flexibility index (Phi) is 3.09. The smallest absolute Gasteiger partial charge is 0.335 e. The summed E-state index contributed by atoms with van der Waals surface area (Å²) in [5, 5.41) is 8.61. The number of anilines is 1. The van der Waals surface area contributed by atoms with E-state index >= 15 is 0 Å². The van der Waals surface area contributed by atoms with Gasteiger partial charge in [0.15, 0.2) is 0 Å². The van der Waals surface area contributed by atoms with Gasteiger partial charge >= 0.3 is 5.97 Å². The molecule has 0 bridgehead atoms. The predicted molar refractivity (Wildman–Crippen MR) is 52.4 cm³/mol. The van der Waals surface area contributed by atoms with Gasteiger partial charge in [0.25, 0.3) is 0 Å². The molecule has 1 rings (SSSR count). The van der Waals surface area contributed by atoms with E-state index in [9.17, 15) is 9.59 Å². The molecule has 0 saturated heterocycles. The number of carbonyl (C=O) groups excluding carboxylic acids is 1. The van der Waals surface area contributed by atoms with Crippen molar-refractivity contribution < 1.29 is 14.7 Å². The van der Waals surface area contributed by atoms with Crippen molar-refractivity contribution in [2.75, 3.05) is 4.42 Å². The molecule has 0 unspecified atom stereocenters. The Morgan fingerprint density at radius 2 is 1.79 bits per heavy atom. The molecule has 0 fully saturated rings. The van der Waals surface area contributed by atoms with E-state index in [1.807, 2.05) is 0 Å². The van der Waals surface area contributed by atoms with Crippen LogP contribution < -0.4 is 4.42 Å². The Labute approximate surface area is 85.8 Å². The third-order valence-electron chi connectivity index (χ3n) is 1.62. The summed E-state index contributed by atoms with van der Waals surface area (Å²) >= 11 is 5.61. The molecule has 1 aromatic carbocycles. The van der Waals surface area contributed by atoms with Crippen LogP contribution in [0.25, 0.3) is 0 Å². The third kappa shape index (κ3) is 2.23. The molecular weight excluding hydrogens is 206 g/mol. The first kappa shape index (κ1) is 10.5. The summed E-state index contributed by atoms with van der Waals surface area (Å²) in [4.78, 5) is 21.3. The highest BCUT2D eigenvalue weighted by atomic mass is 35.5. The highest BCUT2D eigenvalue weighted by Gasteiger charge is 2.08. The first-order valence-corrected chi connectivity index (χ1v) is 4.16. The molecule has 0 saturated carbocycles. The van der Waals surface area contributed by atoms with Crippen LogP contribution in [0.1, 0.15) is 17.3 Å². The molecule has 1 amide bonds. The molecular formula is C9H8ClNO3. The molecule has 74 valence electrons. The van der Waals surface area contributed by atoms with Crippen LogP contribution in [-0.4, -0.2) is 17.0 Å². The number of carboxylic acid groups (broad SMARTS) is 1. The lowest BCUT2D eigenvalue weighted by Gasteiger charge is -2.10. The van der Waals surface area contributed by atoms with Gasteiger partial charge in [-0.25, -0.2) is 9.21 Å². The standard InChI is InChI=1S/C9H8ClNO3/c1-6(12)11(10)8-4-2-7(3-5-8)9(13)14/h2-5H,1H3,(H,13,14). The van der Waals surface area contributed by atoms with Gasteiger partial charge in [0.05, 0.1) is 11.3 Å². The number of rotatable bonds is 2. The summed E-state index contributed by atoms with van der Waals surface area (Å²) in [6.07, 6.45) is 0. The molecule has 0 atom stereocenters. The van der Waals surface area contributed by atoms with Crippen LogP contribution in [0.4, 0.5) is 5.69 Å². The van der Waals surface area contributed by atoms with E-state index in [4.69, 9.17) is 16.9 Å². The minimum Gasteiger partial charge on any atom is -0.478 e. The molecule has 0 aliphatic rings. The number of nitrogens with zero attached hydrogens (tertiary/aromatic N) is 1. The highest BCUT2D eigenvalue weighted by molar-refractivity contribution is 6.36. The van der Waals surface area contributed by atoms with Crippen LogP contribution in [0.3, 0.4) is 0 Å². The Morgan fingerprint density at radius 3 is 2.14 bits per heavy atom. The molecule has 0 radical (unpaired) electrons. The molecule has 1 aromatic rings. The lowest BCUT2D eigenvalue weighted by molar-refractivity contribution is -0.115. The molecule has 14 heavy (non-hydrogen) atoms. The predicted octanol–water partition coefficient (Wildman–Crippen LogP) is 1.89. The quantitative estimate of drug-likeness (QED) is 0.764. The maximum absolute atomic E-state index is 10.8. The largest absolute Gasteiger partial charge is 0.478 e. The number of amides is 1. The normalized spacial score (nSPS) is 9.57. The van der Waals surface area contributed by atoms with Crippen molar-refractivity contribution >= 4 is 29.3 Å². The van der Waals surface area contributed by atoms with Gasteiger partial charge in [-0.2, -0.15) is 0 Å². The number of carbonyl (C=O) groups is 2. The van der Waals surface area contributed by atoms with Crippen molar-refractivity contribution in [3.63, 3.8) is 0 Å². The van der Waals surface area contributed by atoms with Gasteiger partial charge in [-0.05, 0) is 24.3 Å². The van der Waals surface area contributed by atoms with Gasteiger partial charge in [-0.3, -0.25) is 4.79 Å². The van der Waals surface area contributed by atoms with Crippen LogP contribution in [0, 0.1) is 0 Å². The maximum atomic E-state index is 10.8. The molecule has 0 aliphatic carbocycles. The summed E-state index contributed by atoms with van der Waals surface area (Å²) < 4.78 is 0.922. The molecule has 0 spiro atoms. The van der Waals surface area contributed by atoms with Gasteiger partial charge < -0.3 is 5.11 Å². The van der Waals surface area contributed by atoms with E-state index in [2.05, 4.69) is 0 Å². The molecule has 4 nitrogen and oxygen atoms in total. The monoisotopic (exact) mass is 213 g/mol. The highest BCUT2D eigenvalue weighted by Crippen LogP contribution is 2.17. The minimum absolute atomic E-state index is 0.155. The van der Waals surface area contributed by atoms with Crippen molar-refractivity contribution in [3.8, 4) is 0 Å². The SMILES string of the molecule is CC(=O)N(Cl)c1ccc(C(=O)O)cc1. The number of hydrogen-bond acceptors (Lipinski definition) is 2. The Morgan fingerprint density at radius 1 is 1.29 bits per heavy atom.